The molecule has 10 heteroatoms. The number of hydrogen-bond acceptors (Lipinski definition) is 6. The first kappa shape index (κ1) is 25.1. The Morgan fingerprint density at radius 1 is 1.26 bits per heavy atom. The van der Waals surface area contributed by atoms with Crippen LogP contribution in [-0.4, -0.2) is 54.4 Å². The smallest absolute Gasteiger partial charge is 0.308 e. The zero-order valence-electron chi connectivity index (χ0n) is 19.7. The molecule has 8 nitrogen and oxygen atoms in total. The average Bonchev–Trinajstić information content (AvgIpc) is 2.78. The third-order valence-corrected chi connectivity index (χ3v) is 6.99. The second-order valence-corrected chi connectivity index (χ2v) is 9.67. The van der Waals surface area contributed by atoms with Crippen molar-refractivity contribution in [3.63, 3.8) is 0 Å². The molecule has 2 aliphatic rings. The van der Waals surface area contributed by atoms with Gasteiger partial charge in [-0.2, -0.15) is 0 Å². The highest BCUT2D eigenvalue weighted by atomic mass is 35.5. The first-order chi connectivity index (χ1) is 16.6. The standard InChI is InChI=1S/C25H26ClFN2O6/c1-14(30)35-23-21-24(33)28(2)13-25(9-15(10-25)12-34-3)29(21)11-17(22(23)32)19(31)8-7-16-5-4-6-18(26)20(16)27/h4-6,11,15H,7-10,12-13H2,1-3H3. The van der Waals surface area contributed by atoms with E-state index in [0.717, 1.165) is 6.92 Å². The molecule has 1 fully saturated rings. The van der Waals surface area contributed by atoms with Crippen LogP contribution in [0.15, 0.2) is 29.2 Å². The zero-order valence-corrected chi connectivity index (χ0v) is 20.5. The highest BCUT2D eigenvalue weighted by Gasteiger charge is 2.52. The van der Waals surface area contributed by atoms with Crippen molar-refractivity contribution in [1.29, 1.82) is 0 Å². The Morgan fingerprint density at radius 3 is 2.63 bits per heavy atom. The van der Waals surface area contributed by atoms with E-state index in [2.05, 4.69) is 0 Å². The molecule has 0 saturated heterocycles. The van der Waals surface area contributed by atoms with Gasteiger partial charge in [-0.3, -0.25) is 19.2 Å². The summed E-state index contributed by atoms with van der Waals surface area (Å²) in [5.74, 6) is -2.63. The summed E-state index contributed by atoms with van der Waals surface area (Å²) in [7, 11) is 3.24. The minimum Gasteiger partial charge on any atom is -0.420 e. The Morgan fingerprint density at radius 2 is 1.97 bits per heavy atom. The number of benzene rings is 1. The Balaban J connectivity index is 1.77. The number of aryl methyl sites for hydroxylation is 1. The summed E-state index contributed by atoms with van der Waals surface area (Å²) >= 11 is 5.83. The molecule has 2 aromatic rings. The van der Waals surface area contributed by atoms with Gasteiger partial charge in [-0.05, 0) is 36.8 Å². The average molecular weight is 505 g/mol. The quantitative estimate of drug-likeness (QED) is 0.424. The van der Waals surface area contributed by atoms with Crippen molar-refractivity contribution >= 4 is 29.3 Å². The number of fused-ring (bicyclic) bond motifs is 2. The Kier molecular flexibility index (Phi) is 6.83. The lowest BCUT2D eigenvalue weighted by Crippen LogP contribution is -2.60. The van der Waals surface area contributed by atoms with Gasteiger partial charge in [-0.1, -0.05) is 23.7 Å². The van der Waals surface area contributed by atoms with Crippen molar-refractivity contribution in [3.8, 4) is 5.75 Å². The van der Waals surface area contributed by atoms with Crippen LogP contribution in [-0.2, 0) is 21.5 Å². The molecule has 0 unspecified atom stereocenters. The number of carbonyl (C=O) groups excluding carboxylic acids is 3. The van der Waals surface area contributed by atoms with Crippen LogP contribution in [0, 0.1) is 11.7 Å². The normalized spacial score (nSPS) is 21.0. The topological polar surface area (TPSA) is 94.9 Å². The van der Waals surface area contributed by atoms with Crippen molar-refractivity contribution < 1.29 is 28.2 Å². The van der Waals surface area contributed by atoms with Crippen LogP contribution in [0.3, 0.4) is 0 Å². The number of methoxy groups -OCH3 is 1. The van der Waals surface area contributed by atoms with E-state index in [4.69, 9.17) is 21.1 Å². The number of aromatic nitrogens is 1. The number of nitrogens with zero attached hydrogens (tertiary/aromatic N) is 2. The lowest BCUT2D eigenvalue weighted by molar-refractivity contribution is -0.132. The van der Waals surface area contributed by atoms with E-state index < -0.39 is 40.2 Å². The van der Waals surface area contributed by atoms with Gasteiger partial charge in [0.05, 0.1) is 16.1 Å². The molecule has 0 atom stereocenters. The van der Waals surface area contributed by atoms with E-state index in [9.17, 15) is 23.6 Å². The largest absolute Gasteiger partial charge is 0.420 e. The summed E-state index contributed by atoms with van der Waals surface area (Å²) in [6.07, 6.45) is 2.58. The van der Waals surface area contributed by atoms with Gasteiger partial charge < -0.3 is 18.9 Å². The molecular formula is C25H26ClFN2O6. The molecule has 1 aromatic heterocycles. The van der Waals surface area contributed by atoms with E-state index in [-0.39, 0.29) is 40.6 Å². The van der Waals surface area contributed by atoms with E-state index in [0.29, 0.717) is 26.0 Å². The van der Waals surface area contributed by atoms with Gasteiger partial charge in [0.2, 0.25) is 11.2 Å². The molecule has 4 rings (SSSR count). The second-order valence-electron chi connectivity index (χ2n) is 9.26. The molecule has 1 aliphatic carbocycles. The number of rotatable bonds is 7. The van der Waals surface area contributed by atoms with Gasteiger partial charge >= 0.3 is 5.97 Å². The third kappa shape index (κ3) is 4.50. The van der Waals surface area contributed by atoms with Crippen LogP contribution < -0.4 is 10.2 Å². The molecule has 0 bridgehead atoms. The van der Waals surface area contributed by atoms with Crippen LogP contribution in [0.25, 0.3) is 0 Å². The SMILES string of the molecule is COCC1CC2(C1)CN(C)C(=O)c1c(OC(C)=O)c(=O)c(C(=O)CCc3cccc(Cl)c3F)cn12. The number of Topliss-reactive ketones (excluding diaryl/α,β-unsaturated/α-hetero) is 1. The molecule has 2 heterocycles. The van der Waals surface area contributed by atoms with Crippen molar-refractivity contribution in [3.05, 3.63) is 62.3 Å². The lowest BCUT2D eigenvalue weighted by Gasteiger charge is -2.54. The molecule has 1 aliphatic heterocycles. The summed E-state index contributed by atoms with van der Waals surface area (Å²) in [5.41, 5.74) is -1.40. The van der Waals surface area contributed by atoms with Crippen LogP contribution in [0.1, 0.15) is 52.6 Å². The van der Waals surface area contributed by atoms with Gasteiger partial charge in [0, 0.05) is 46.9 Å². The third-order valence-electron chi connectivity index (χ3n) is 6.70. The van der Waals surface area contributed by atoms with Crippen molar-refractivity contribution in [1.82, 2.24) is 9.47 Å². The molecule has 1 saturated carbocycles. The predicted octanol–water partition coefficient (Wildman–Crippen LogP) is 3.22. The maximum absolute atomic E-state index is 14.3. The molecule has 1 spiro atoms. The number of amides is 1. The summed E-state index contributed by atoms with van der Waals surface area (Å²) in [6, 6.07) is 4.51. The number of ether oxygens (including phenoxy) is 2. The molecule has 1 amide bonds. The fourth-order valence-electron chi connectivity index (χ4n) is 5.19. The molecule has 0 radical (unpaired) electrons. The van der Waals surface area contributed by atoms with E-state index in [1.807, 2.05) is 0 Å². The van der Waals surface area contributed by atoms with Crippen molar-refractivity contribution in [2.45, 2.75) is 38.1 Å². The predicted molar refractivity (Wildman–Crippen MR) is 126 cm³/mol. The Bertz CT molecular complexity index is 1270. The fraction of sp³-hybridized carbons (Fsp3) is 0.440. The zero-order chi connectivity index (χ0) is 25.5. The van der Waals surface area contributed by atoms with Gasteiger partial charge in [0.15, 0.2) is 11.5 Å². The monoisotopic (exact) mass is 504 g/mol. The van der Waals surface area contributed by atoms with Gasteiger partial charge in [-0.15, -0.1) is 0 Å². The number of halogens is 2. The number of ketones is 1. The molecular weight excluding hydrogens is 479 g/mol. The molecule has 0 N–H and O–H groups in total. The number of likely N-dealkylation sites (N-methyl/N-ethyl adjacent to an activating group) is 1. The Hall–Kier alpha value is -3.04. The maximum atomic E-state index is 14.3. The lowest BCUT2D eigenvalue weighted by atomic mass is 9.67. The number of esters is 1. The number of hydrogen-bond donors (Lipinski definition) is 0. The first-order valence-electron chi connectivity index (χ1n) is 11.3. The summed E-state index contributed by atoms with van der Waals surface area (Å²) in [5, 5.41) is -0.0545. The van der Waals surface area contributed by atoms with Crippen LogP contribution in [0.5, 0.6) is 5.75 Å². The van der Waals surface area contributed by atoms with Crippen molar-refractivity contribution in [2.75, 3.05) is 27.3 Å². The van der Waals surface area contributed by atoms with Gasteiger partial charge in [0.25, 0.3) is 5.91 Å². The summed E-state index contributed by atoms with van der Waals surface area (Å²) < 4.78 is 26.4. The van der Waals surface area contributed by atoms with Crippen LogP contribution in [0.4, 0.5) is 4.39 Å². The summed E-state index contributed by atoms with van der Waals surface area (Å²) in [4.78, 5) is 52.9. The molecule has 1 aromatic carbocycles. The van der Waals surface area contributed by atoms with E-state index >= 15 is 0 Å². The van der Waals surface area contributed by atoms with E-state index in [1.165, 1.54) is 23.2 Å². The first-order valence-corrected chi connectivity index (χ1v) is 11.6. The minimum absolute atomic E-state index is 0.0258. The fourth-order valence-corrected chi connectivity index (χ4v) is 5.39. The molecule has 186 valence electrons. The number of carbonyl (C=O) groups is 3. The summed E-state index contributed by atoms with van der Waals surface area (Å²) in [6.45, 7) is 2.04. The molecule has 35 heavy (non-hydrogen) atoms. The minimum atomic E-state index is -0.838. The maximum Gasteiger partial charge on any atom is 0.308 e. The highest BCUT2D eigenvalue weighted by molar-refractivity contribution is 6.30. The number of pyridine rings is 1. The van der Waals surface area contributed by atoms with Gasteiger partial charge in [0.1, 0.15) is 5.82 Å². The highest BCUT2D eigenvalue weighted by Crippen LogP contribution is 2.48. The second kappa shape index (κ2) is 9.54. The Labute approximate surface area is 206 Å². The van der Waals surface area contributed by atoms with Crippen LogP contribution in [0.2, 0.25) is 5.02 Å². The van der Waals surface area contributed by atoms with Gasteiger partial charge in [-0.25, -0.2) is 4.39 Å². The van der Waals surface area contributed by atoms with Crippen LogP contribution >= 0.6 is 11.6 Å². The van der Waals surface area contributed by atoms with E-state index in [1.54, 1.807) is 24.8 Å². The van der Waals surface area contributed by atoms with Crippen molar-refractivity contribution in [2.24, 2.45) is 5.92 Å².